The Kier molecular flexibility index (Phi) is 3.09. The third-order valence-corrected chi connectivity index (χ3v) is 4.46. The highest BCUT2D eigenvalue weighted by atomic mass is 15.3. The zero-order valence-electron chi connectivity index (χ0n) is 12.8. The fraction of sp³-hybridized carbons (Fsp3) is 0.211. The van der Waals surface area contributed by atoms with Gasteiger partial charge in [0, 0.05) is 10.9 Å². The van der Waals surface area contributed by atoms with Gasteiger partial charge in [0.25, 0.3) is 5.82 Å². The van der Waals surface area contributed by atoms with Crippen molar-refractivity contribution in [2.45, 2.75) is 13.5 Å². The average molecular weight is 291 g/mol. The maximum absolute atomic E-state index is 6.36. The Morgan fingerprint density at radius 2 is 1.77 bits per heavy atom. The lowest BCUT2D eigenvalue weighted by Gasteiger charge is -2.12. The number of nitrogen functional groups attached to an aromatic ring is 1. The van der Waals surface area contributed by atoms with Crippen LogP contribution in [0.4, 0.5) is 5.82 Å². The summed E-state index contributed by atoms with van der Waals surface area (Å²) in [5.41, 5.74) is 12.5. The highest BCUT2D eigenvalue weighted by molar-refractivity contribution is 5.95. The Hall–Kier alpha value is -2.39. The largest absolute Gasteiger partial charge is 0.322 e. The molecule has 0 bridgehead atoms. The number of benzene rings is 2. The molecule has 0 atom stereocenters. The van der Waals surface area contributed by atoms with Crippen LogP contribution in [0.2, 0.25) is 0 Å². The molecule has 110 valence electrons. The van der Waals surface area contributed by atoms with Crippen LogP contribution in [0.5, 0.6) is 0 Å². The van der Waals surface area contributed by atoms with Crippen molar-refractivity contribution >= 4 is 16.7 Å². The number of hydrogen-bond acceptors (Lipinski definition) is 1. The minimum Gasteiger partial charge on any atom is -0.322 e. The van der Waals surface area contributed by atoms with E-state index in [9.17, 15) is 0 Å². The molecule has 0 radical (unpaired) electrons. The van der Waals surface area contributed by atoms with Gasteiger partial charge < -0.3 is 4.90 Å². The molecule has 0 unspecified atom stereocenters. The van der Waals surface area contributed by atoms with Gasteiger partial charge in [-0.05, 0) is 18.6 Å². The molecular weight excluding hydrogens is 270 g/mol. The number of aryl methyl sites for hydroxylation is 1. The molecule has 0 spiro atoms. The van der Waals surface area contributed by atoms with Crippen molar-refractivity contribution in [1.82, 2.24) is 0 Å². The van der Waals surface area contributed by atoms with Crippen LogP contribution >= 0.6 is 0 Å². The fourth-order valence-electron chi connectivity index (χ4n) is 3.08. The van der Waals surface area contributed by atoms with E-state index in [1.165, 1.54) is 40.7 Å². The fourth-order valence-corrected chi connectivity index (χ4v) is 3.08. The van der Waals surface area contributed by atoms with E-state index in [0.717, 1.165) is 17.9 Å². The van der Waals surface area contributed by atoms with Crippen molar-refractivity contribution < 1.29 is 9.88 Å². The predicted octanol–water partition coefficient (Wildman–Crippen LogP) is 1.61. The van der Waals surface area contributed by atoms with E-state index < -0.39 is 0 Å². The van der Waals surface area contributed by atoms with Gasteiger partial charge in [0.2, 0.25) is 0 Å². The molecule has 1 aliphatic rings. The average Bonchev–Trinajstić information content (AvgIpc) is 3.33. The number of aromatic nitrogens is 1. The van der Waals surface area contributed by atoms with Crippen LogP contribution < -0.4 is 15.6 Å². The van der Waals surface area contributed by atoms with E-state index in [1.54, 1.807) is 4.90 Å². The second-order valence-electron chi connectivity index (χ2n) is 6.23. The lowest BCUT2D eigenvalue weighted by Crippen LogP contribution is -2.90. The second kappa shape index (κ2) is 5.11. The molecule has 22 heavy (non-hydrogen) atoms. The summed E-state index contributed by atoms with van der Waals surface area (Å²) in [6.07, 6.45) is 0. The summed E-state index contributed by atoms with van der Waals surface area (Å²) in [5, 5.41) is 1.25. The molecule has 4 rings (SSSR count). The van der Waals surface area contributed by atoms with Gasteiger partial charge >= 0.3 is 0 Å². The predicted molar refractivity (Wildman–Crippen MR) is 89.5 cm³/mol. The number of quaternary nitrogens is 1. The van der Waals surface area contributed by atoms with Crippen LogP contribution in [0.3, 0.4) is 0 Å². The van der Waals surface area contributed by atoms with Gasteiger partial charge in [-0.1, -0.05) is 48.0 Å². The molecule has 3 heteroatoms. The quantitative estimate of drug-likeness (QED) is 0.708. The van der Waals surface area contributed by atoms with Crippen LogP contribution in [0.1, 0.15) is 11.1 Å². The van der Waals surface area contributed by atoms with Gasteiger partial charge in [0.1, 0.15) is 30.7 Å². The highest BCUT2D eigenvalue weighted by Crippen LogP contribution is 2.32. The molecule has 1 saturated heterocycles. The number of pyridine rings is 1. The van der Waals surface area contributed by atoms with Gasteiger partial charge in [-0.25, -0.2) is 4.98 Å². The summed E-state index contributed by atoms with van der Waals surface area (Å²) in [6.45, 7) is 5.62. The smallest absolute Gasteiger partial charge is 0.280 e. The van der Waals surface area contributed by atoms with Gasteiger partial charge in [-0.15, -0.1) is 0 Å². The van der Waals surface area contributed by atoms with E-state index in [4.69, 9.17) is 5.73 Å². The molecule has 0 saturated carbocycles. The van der Waals surface area contributed by atoms with E-state index in [-0.39, 0.29) is 0 Å². The number of para-hydroxylation sites is 1. The lowest BCUT2D eigenvalue weighted by atomic mass is 9.95. The van der Waals surface area contributed by atoms with Crippen molar-refractivity contribution in [3.63, 3.8) is 0 Å². The summed E-state index contributed by atoms with van der Waals surface area (Å²) in [7, 11) is 0. The minimum absolute atomic E-state index is 0.800. The summed E-state index contributed by atoms with van der Waals surface area (Å²) in [6, 6.07) is 17.2. The summed E-state index contributed by atoms with van der Waals surface area (Å²) in [5.74, 6) is 0.800. The number of nitrogens with one attached hydrogen (secondary N) is 2. The number of H-pyrrole nitrogens is 1. The second-order valence-corrected chi connectivity index (χ2v) is 6.23. The normalized spacial score (nSPS) is 14.4. The highest BCUT2D eigenvalue weighted by Gasteiger charge is 2.28. The third kappa shape index (κ3) is 2.34. The van der Waals surface area contributed by atoms with Crippen molar-refractivity contribution in [1.29, 1.82) is 0 Å². The summed E-state index contributed by atoms with van der Waals surface area (Å²) < 4.78 is 0. The maximum Gasteiger partial charge on any atom is 0.280 e. The Morgan fingerprint density at radius 3 is 2.50 bits per heavy atom. The number of nitrogens with two attached hydrogens (primary N) is 1. The molecule has 3 nitrogen and oxygen atoms in total. The summed E-state index contributed by atoms with van der Waals surface area (Å²) >= 11 is 0. The Morgan fingerprint density at radius 1 is 1.05 bits per heavy atom. The minimum atomic E-state index is 0.800. The number of hydrogen-bond donors (Lipinski definition) is 2. The van der Waals surface area contributed by atoms with Gasteiger partial charge in [0.05, 0.1) is 0 Å². The van der Waals surface area contributed by atoms with Crippen LogP contribution in [-0.4, -0.2) is 13.1 Å². The molecule has 2 aromatic carbocycles. The summed E-state index contributed by atoms with van der Waals surface area (Å²) in [4.78, 5) is 4.98. The molecule has 0 aliphatic carbocycles. The van der Waals surface area contributed by atoms with Gasteiger partial charge in [-0.2, -0.15) is 0 Å². The zero-order chi connectivity index (χ0) is 15.1. The van der Waals surface area contributed by atoms with Crippen molar-refractivity contribution in [3.05, 3.63) is 59.7 Å². The van der Waals surface area contributed by atoms with Crippen molar-refractivity contribution in [3.8, 4) is 11.1 Å². The maximum atomic E-state index is 6.36. The van der Waals surface area contributed by atoms with Gasteiger partial charge in [-0.3, -0.25) is 5.73 Å². The van der Waals surface area contributed by atoms with Crippen LogP contribution in [-0.2, 0) is 6.54 Å². The van der Waals surface area contributed by atoms with E-state index in [2.05, 4.69) is 54.4 Å². The number of aromatic amines is 1. The third-order valence-electron chi connectivity index (χ3n) is 4.46. The van der Waals surface area contributed by atoms with Crippen molar-refractivity contribution in [2.75, 3.05) is 18.8 Å². The van der Waals surface area contributed by atoms with Crippen LogP contribution in [0.25, 0.3) is 22.0 Å². The first-order valence-corrected chi connectivity index (χ1v) is 7.85. The van der Waals surface area contributed by atoms with E-state index in [1.807, 2.05) is 6.07 Å². The molecule has 0 amide bonds. The molecule has 1 aromatic heterocycles. The number of anilines is 1. The topological polar surface area (TPSA) is 44.6 Å². The Bertz CT molecular complexity index is 833. The monoisotopic (exact) mass is 291 g/mol. The molecular formula is C19H21N3+2. The lowest BCUT2D eigenvalue weighted by molar-refractivity contribution is -0.774. The molecule has 1 aliphatic heterocycles. The first-order chi connectivity index (χ1) is 10.7. The standard InChI is InChI=1S/C19H19N3/c1-13-6-8-14(9-7-13)18-15-4-2-3-5-17(15)21-19(20)16(18)12-22-10-11-22/h2-9H,10-12H2,1H3,(H2,20,21)/p+2. The molecule has 3 aromatic rings. The zero-order valence-corrected chi connectivity index (χ0v) is 12.8. The molecule has 4 N–H and O–H groups in total. The first-order valence-electron chi connectivity index (χ1n) is 7.85. The molecule has 2 heterocycles. The Balaban J connectivity index is 2.00. The van der Waals surface area contributed by atoms with Gasteiger partial charge in [0.15, 0.2) is 0 Å². The van der Waals surface area contributed by atoms with E-state index >= 15 is 0 Å². The first kappa shape index (κ1) is 13.3. The SMILES string of the molecule is Cc1ccc(-c2c(C[NH+]3CC3)c(N)[nH+]c3ccccc23)cc1. The van der Waals surface area contributed by atoms with E-state index in [0.29, 0.717) is 0 Å². The number of rotatable bonds is 3. The Labute approximate surface area is 130 Å². The molecule has 1 fully saturated rings. The van der Waals surface area contributed by atoms with Crippen LogP contribution in [0.15, 0.2) is 48.5 Å². The van der Waals surface area contributed by atoms with Crippen molar-refractivity contribution in [2.24, 2.45) is 0 Å². The number of fused-ring (bicyclic) bond motifs is 1. The van der Waals surface area contributed by atoms with Crippen LogP contribution in [0, 0.1) is 6.92 Å².